The van der Waals surface area contributed by atoms with Crippen LogP contribution in [-0.2, 0) is 4.79 Å². The van der Waals surface area contributed by atoms with Gasteiger partial charge in [-0.1, -0.05) is 48.3 Å². The normalized spacial score (nSPS) is 15.7. The van der Waals surface area contributed by atoms with Crippen molar-refractivity contribution in [3.05, 3.63) is 78.5 Å². The molecule has 0 radical (unpaired) electrons. The predicted octanol–water partition coefficient (Wildman–Crippen LogP) is 4.52. The van der Waals surface area contributed by atoms with E-state index in [2.05, 4.69) is 22.0 Å². The quantitative estimate of drug-likeness (QED) is 0.498. The van der Waals surface area contributed by atoms with Crippen LogP contribution in [0, 0.1) is 0 Å². The minimum Gasteiger partial charge on any atom is -0.490 e. The summed E-state index contributed by atoms with van der Waals surface area (Å²) in [5, 5.41) is 8.27. The van der Waals surface area contributed by atoms with Gasteiger partial charge in [0.05, 0.1) is 16.4 Å². The molecule has 1 atom stereocenters. The van der Waals surface area contributed by atoms with Crippen molar-refractivity contribution in [1.82, 2.24) is 14.8 Å². The summed E-state index contributed by atoms with van der Waals surface area (Å²) in [6, 6.07) is 15.8. The molecule has 0 aliphatic carbocycles. The number of rotatable bonds is 5. The van der Waals surface area contributed by atoms with Gasteiger partial charge in [0.25, 0.3) is 0 Å². The van der Waals surface area contributed by atoms with Gasteiger partial charge < -0.3 is 10.1 Å². The number of aromatic nitrogens is 3. The Bertz CT molecular complexity index is 1190. The summed E-state index contributed by atoms with van der Waals surface area (Å²) < 4.78 is 8.47. The Hall–Kier alpha value is -3.45. The second kappa shape index (κ2) is 7.18. The molecule has 0 unspecified atom stereocenters. The predicted molar refractivity (Wildman–Crippen MR) is 114 cm³/mol. The zero-order chi connectivity index (χ0) is 19.8. The molecule has 1 aliphatic heterocycles. The number of benzene rings is 2. The van der Waals surface area contributed by atoms with Crippen LogP contribution < -0.4 is 10.1 Å². The number of ether oxygens (including phenoxy) is 1. The largest absolute Gasteiger partial charge is 0.490 e. The molecule has 1 amide bonds. The first-order chi connectivity index (χ1) is 14.2. The molecule has 1 aliphatic rings. The number of hydrogen-bond acceptors (Lipinski definition) is 5. The van der Waals surface area contributed by atoms with E-state index in [4.69, 9.17) is 4.74 Å². The average molecular weight is 402 g/mol. The van der Waals surface area contributed by atoms with Gasteiger partial charge in [-0.25, -0.2) is 4.98 Å². The van der Waals surface area contributed by atoms with Gasteiger partial charge in [0.15, 0.2) is 0 Å². The summed E-state index contributed by atoms with van der Waals surface area (Å²) in [6.45, 7) is 4.12. The molecule has 2 aromatic carbocycles. The van der Waals surface area contributed by atoms with Crippen LogP contribution in [0.1, 0.15) is 23.5 Å². The fourth-order valence-electron chi connectivity index (χ4n) is 3.59. The highest BCUT2D eigenvalue weighted by Gasteiger charge is 2.31. The van der Waals surface area contributed by atoms with Gasteiger partial charge in [0.1, 0.15) is 18.2 Å². The molecule has 144 valence electrons. The number of amides is 1. The van der Waals surface area contributed by atoms with Crippen molar-refractivity contribution >= 4 is 33.3 Å². The van der Waals surface area contributed by atoms with E-state index in [-0.39, 0.29) is 11.8 Å². The first kappa shape index (κ1) is 17.6. The fourth-order valence-corrected chi connectivity index (χ4v) is 4.52. The Kier molecular flexibility index (Phi) is 4.37. The summed E-state index contributed by atoms with van der Waals surface area (Å²) in [4.78, 5) is 17.2. The van der Waals surface area contributed by atoms with Crippen LogP contribution in [0.2, 0.25) is 0 Å². The van der Waals surface area contributed by atoms with E-state index < -0.39 is 0 Å². The molecule has 0 spiro atoms. The van der Waals surface area contributed by atoms with Crippen LogP contribution in [0.4, 0.5) is 5.82 Å². The number of nitrogens with zero attached hydrogens (tertiary/aromatic N) is 3. The van der Waals surface area contributed by atoms with Crippen molar-refractivity contribution in [2.75, 3.05) is 11.9 Å². The lowest BCUT2D eigenvalue weighted by atomic mass is 9.87. The van der Waals surface area contributed by atoms with Gasteiger partial charge in [-0.15, -0.1) is 0 Å². The molecule has 4 aromatic rings. The van der Waals surface area contributed by atoms with Crippen molar-refractivity contribution in [3.8, 4) is 10.9 Å². The molecular formula is C22H18N4O2S. The van der Waals surface area contributed by atoms with Crippen LogP contribution >= 0.6 is 11.3 Å². The molecule has 0 fully saturated rings. The Morgan fingerprint density at radius 1 is 1.28 bits per heavy atom. The number of para-hydroxylation sites is 1. The van der Waals surface area contributed by atoms with Gasteiger partial charge in [0.2, 0.25) is 11.0 Å². The Labute approximate surface area is 171 Å². The number of fused-ring (bicyclic) bond motifs is 2. The number of carbonyl (C=O) groups is 1. The minimum absolute atomic E-state index is 0.0391. The Balaban J connectivity index is 1.56. The van der Waals surface area contributed by atoms with E-state index >= 15 is 0 Å². The summed E-state index contributed by atoms with van der Waals surface area (Å²) in [6.07, 6.45) is 3.90. The molecule has 3 heterocycles. The minimum atomic E-state index is -0.0887. The summed E-state index contributed by atoms with van der Waals surface area (Å²) in [5.74, 6) is 1.31. The molecule has 6 nitrogen and oxygen atoms in total. The zero-order valence-corrected chi connectivity index (χ0v) is 16.4. The van der Waals surface area contributed by atoms with Gasteiger partial charge >= 0.3 is 0 Å². The van der Waals surface area contributed by atoms with Crippen molar-refractivity contribution < 1.29 is 9.53 Å². The van der Waals surface area contributed by atoms with E-state index in [1.807, 2.05) is 54.7 Å². The number of hydrogen-bond donors (Lipinski definition) is 1. The second-order valence-corrected chi connectivity index (χ2v) is 7.81. The molecule has 29 heavy (non-hydrogen) atoms. The van der Waals surface area contributed by atoms with E-state index in [0.717, 1.165) is 32.2 Å². The lowest BCUT2D eigenvalue weighted by Gasteiger charge is -2.23. The number of thiazole rings is 1. The van der Waals surface area contributed by atoms with Crippen LogP contribution in [-0.4, -0.2) is 27.3 Å². The highest BCUT2D eigenvalue weighted by molar-refractivity contribution is 7.20. The summed E-state index contributed by atoms with van der Waals surface area (Å²) in [7, 11) is 0. The van der Waals surface area contributed by atoms with E-state index in [9.17, 15) is 4.79 Å². The molecule has 0 bridgehead atoms. The van der Waals surface area contributed by atoms with Crippen LogP contribution in [0.5, 0.6) is 5.75 Å². The Morgan fingerprint density at radius 3 is 3.03 bits per heavy atom. The molecule has 0 saturated carbocycles. The molecule has 7 heteroatoms. The van der Waals surface area contributed by atoms with Crippen molar-refractivity contribution in [2.45, 2.75) is 12.3 Å². The maximum Gasteiger partial charge on any atom is 0.226 e. The molecule has 1 N–H and O–H groups in total. The third kappa shape index (κ3) is 3.19. The lowest BCUT2D eigenvalue weighted by Crippen LogP contribution is -2.24. The van der Waals surface area contributed by atoms with Gasteiger partial charge in [0, 0.05) is 17.9 Å². The first-order valence-corrected chi connectivity index (χ1v) is 10.1. The van der Waals surface area contributed by atoms with Crippen LogP contribution in [0.25, 0.3) is 15.3 Å². The SMILES string of the molecule is C=CCOc1cccc([C@@H]2CC(=O)Nc3c2cnn3-c2nc3ccccc3s2)c1. The van der Waals surface area contributed by atoms with Crippen LogP contribution in [0.15, 0.2) is 67.4 Å². The van der Waals surface area contributed by atoms with Gasteiger partial charge in [-0.2, -0.15) is 9.78 Å². The molecule has 5 rings (SSSR count). The Morgan fingerprint density at radius 2 is 2.17 bits per heavy atom. The van der Waals surface area contributed by atoms with Crippen molar-refractivity contribution in [1.29, 1.82) is 0 Å². The lowest BCUT2D eigenvalue weighted by molar-refractivity contribution is -0.116. The maximum absolute atomic E-state index is 12.5. The smallest absolute Gasteiger partial charge is 0.226 e. The number of anilines is 1. The van der Waals surface area contributed by atoms with Crippen molar-refractivity contribution in [2.24, 2.45) is 0 Å². The topological polar surface area (TPSA) is 69.0 Å². The highest BCUT2D eigenvalue weighted by Crippen LogP contribution is 2.39. The summed E-state index contributed by atoms with van der Waals surface area (Å²) in [5.41, 5.74) is 2.92. The highest BCUT2D eigenvalue weighted by atomic mass is 32.1. The second-order valence-electron chi connectivity index (χ2n) is 6.80. The summed E-state index contributed by atoms with van der Waals surface area (Å²) >= 11 is 1.55. The molecule has 0 saturated heterocycles. The van der Waals surface area contributed by atoms with E-state index in [1.54, 1.807) is 22.1 Å². The third-order valence-electron chi connectivity index (χ3n) is 4.91. The zero-order valence-electron chi connectivity index (χ0n) is 15.5. The van der Waals surface area contributed by atoms with Gasteiger partial charge in [-0.05, 0) is 29.8 Å². The van der Waals surface area contributed by atoms with E-state index in [1.165, 1.54) is 0 Å². The first-order valence-electron chi connectivity index (χ1n) is 9.30. The number of carbonyl (C=O) groups excluding carboxylic acids is 1. The van der Waals surface area contributed by atoms with Gasteiger partial charge in [-0.3, -0.25) is 4.79 Å². The number of nitrogens with one attached hydrogen (secondary N) is 1. The van der Waals surface area contributed by atoms with E-state index in [0.29, 0.717) is 18.8 Å². The molecule has 2 aromatic heterocycles. The third-order valence-corrected chi connectivity index (χ3v) is 5.92. The van der Waals surface area contributed by atoms with Crippen molar-refractivity contribution in [3.63, 3.8) is 0 Å². The van der Waals surface area contributed by atoms with Crippen LogP contribution in [0.3, 0.4) is 0 Å². The fraction of sp³-hybridized carbons (Fsp3) is 0.136. The average Bonchev–Trinajstić information content (AvgIpc) is 3.35. The standard InChI is InChI=1S/C22H18N4O2S/c1-2-10-28-15-7-5-6-14(11-15)16-12-20(27)25-21-17(16)13-23-26(21)22-24-18-8-3-4-9-19(18)29-22/h2-9,11,13,16H,1,10,12H2,(H,25,27)/t16-/m0/s1. The monoisotopic (exact) mass is 402 g/mol. The molecular weight excluding hydrogens is 384 g/mol. The maximum atomic E-state index is 12.5.